The number of benzene rings is 2. The van der Waals surface area contributed by atoms with E-state index >= 15 is 0 Å². The summed E-state index contributed by atoms with van der Waals surface area (Å²) in [5.74, 6) is 0.440. The van der Waals surface area contributed by atoms with Crippen molar-refractivity contribution in [3.05, 3.63) is 64.7 Å². The van der Waals surface area contributed by atoms with Gasteiger partial charge in [0, 0.05) is 31.7 Å². The minimum absolute atomic E-state index is 0.0379. The highest BCUT2D eigenvalue weighted by Gasteiger charge is 2.31. The Kier molecular flexibility index (Phi) is 6.46. The maximum absolute atomic E-state index is 13.1. The van der Waals surface area contributed by atoms with E-state index in [1.54, 1.807) is 6.07 Å². The van der Waals surface area contributed by atoms with E-state index in [-0.39, 0.29) is 15.8 Å². The molecule has 0 spiro atoms. The molecular formula is C23H27ClN2O3S. The van der Waals surface area contributed by atoms with Gasteiger partial charge in [0.25, 0.3) is 5.91 Å². The van der Waals surface area contributed by atoms with Crippen molar-refractivity contribution in [2.24, 2.45) is 5.92 Å². The van der Waals surface area contributed by atoms with E-state index in [0.717, 1.165) is 32.1 Å². The number of rotatable bonds is 5. The average molecular weight is 447 g/mol. The van der Waals surface area contributed by atoms with E-state index in [1.807, 2.05) is 11.0 Å². The van der Waals surface area contributed by atoms with Gasteiger partial charge in [-0.25, -0.2) is 8.42 Å². The molecule has 0 atom stereocenters. The lowest BCUT2D eigenvalue weighted by Gasteiger charge is -2.32. The summed E-state index contributed by atoms with van der Waals surface area (Å²) in [6.45, 7) is 2.39. The van der Waals surface area contributed by atoms with Crippen molar-refractivity contribution in [3.63, 3.8) is 0 Å². The number of hydrogen-bond acceptors (Lipinski definition) is 3. The minimum Gasteiger partial charge on any atom is -0.339 e. The van der Waals surface area contributed by atoms with Gasteiger partial charge in [-0.3, -0.25) is 4.79 Å². The van der Waals surface area contributed by atoms with Crippen LogP contribution in [0.25, 0.3) is 0 Å². The first-order chi connectivity index (χ1) is 14.4. The Morgan fingerprint density at radius 3 is 2.30 bits per heavy atom. The number of piperidine rings is 1. The zero-order chi connectivity index (χ0) is 21.1. The zero-order valence-corrected chi connectivity index (χ0v) is 18.5. The van der Waals surface area contributed by atoms with Crippen LogP contribution < -0.4 is 0 Å². The van der Waals surface area contributed by atoms with Gasteiger partial charge in [0.2, 0.25) is 10.0 Å². The van der Waals surface area contributed by atoms with Crippen molar-refractivity contribution >= 4 is 27.5 Å². The van der Waals surface area contributed by atoms with E-state index in [4.69, 9.17) is 11.6 Å². The first-order valence-electron chi connectivity index (χ1n) is 10.6. The summed E-state index contributed by atoms with van der Waals surface area (Å²) in [5, 5.41) is 0.167. The molecule has 0 bridgehead atoms. The number of carbonyl (C=O) groups is 1. The summed E-state index contributed by atoms with van der Waals surface area (Å²) in [7, 11) is -3.67. The molecule has 0 radical (unpaired) electrons. The lowest BCUT2D eigenvalue weighted by atomic mass is 9.90. The SMILES string of the molecule is O=C(c1ccc(Cl)c(S(=O)(=O)N2CCCC2)c1)N1CCC(Cc2ccccc2)CC1. The van der Waals surface area contributed by atoms with Crippen LogP contribution >= 0.6 is 11.6 Å². The standard InChI is InChI=1S/C23H27ClN2O3S/c24-21-9-8-20(17-22(21)30(28,29)26-12-4-5-13-26)23(27)25-14-10-19(11-15-25)16-18-6-2-1-3-7-18/h1-3,6-9,17,19H,4-5,10-16H2. The minimum atomic E-state index is -3.67. The Bertz CT molecular complexity index is 996. The fraction of sp³-hybridized carbons (Fsp3) is 0.435. The topological polar surface area (TPSA) is 57.7 Å². The van der Waals surface area contributed by atoms with Crippen LogP contribution in [0.5, 0.6) is 0 Å². The fourth-order valence-electron chi connectivity index (χ4n) is 4.37. The lowest BCUT2D eigenvalue weighted by Crippen LogP contribution is -2.39. The van der Waals surface area contributed by atoms with Crippen molar-refractivity contribution in [3.8, 4) is 0 Å². The van der Waals surface area contributed by atoms with Crippen molar-refractivity contribution in [1.82, 2.24) is 9.21 Å². The maximum Gasteiger partial charge on any atom is 0.253 e. The lowest BCUT2D eigenvalue weighted by molar-refractivity contribution is 0.0690. The molecule has 160 valence electrons. The molecule has 2 saturated heterocycles. The first-order valence-corrected chi connectivity index (χ1v) is 12.4. The van der Waals surface area contributed by atoms with Crippen LogP contribution in [0.2, 0.25) is 5.02 Å². The highest BCUT2D eigenvalue weighted by molar-refractivity contribution is 7.89. The molecule has 30 heavy (non-hydrogen) atoms. The second-order valence-electron chi connectivity index (χ2n) is 8.18. The Morgan fingerprint density at radius 2 is 1.63 bits per heavy atom. The van der Waals surface area contributed by atoms with Crippen molar-refractivity contribution in [1.29, 1.82) is 0 Å². The molecule has 5 nitrogen and oxygen atoms in total. The van der Waals surface area contributed by atoms with Gasteiger partial charge in [-0.05, 0) is 61.8 Å². The van der Waals surface area contributed by atoms with E-state index in [2.05, 4.69) is 24.3 Å². The van der Waals surface area contributed by atoms with Crippen LogP contribution in [0.4, 0.5) is 0 Å². The number of sulfonamides is 1. The van der Waals surface area contributed by atoms with E-state index in [0.29, 0.717) is 37.7 Å². The van der Waals surface area contributed by atoms with E-state index in [1.165, 1.54) is 22.0 Å². The van der Waals surface area contributed by atoms with E-state index < -0.39 is 10.0 Å². The normalized spacial score (nSPS) is 18.6. The molecule has 2 aliphatic heterocycles. The number of likely N-dealkylation sites (tertiary alicyclic amines) is 1. The summed E-state index contributed by atoms with van der Waals surface area (Å²) in [4.78, 5) is 14.9. The molecule has 2 heterocycles. The first kappa shape index (κ1) is 21.3. The number of hydrogen-bond donors (Lipinski definition) is 0. The predicted molar refractivity (Wildman–Crippen MR) is 118 cm³/mol. The van der Waals surface area contributed by atoms with Crippen LogP contribution in [-0.2, 0) is 16.4 Å². The Balaban J connectivity index is 1.44. The molecular weight excluding hydrogens is 420 g/mol. The van der Waals surface area contributed by atoms with Gasteiger partial charge in [0.05, 0.1) is 5.02 Å². The largest absolute Gasteiger partial charge is 0.339 e. The third-order valence-electron chi connectivity index (χ3n) is 6.13. The number of halogens is 1. The van der Waals surface area contributed by atoms with Gasteiger partial charge < -0.3 is 4.90 Å². The highest BCUT2D eigenvalue weighted by Crippen LogP contribution is 2.29. The molecule has 4 rings (SSSR count). The Morgan fingerprint density at radius 1 is 0.967 bits per heavy atom. The van der Waals surface area contributed by atoms with Crippen molar-refractivity contribution in [2.75, 3.05) is 26.2 Å². The highest BCUT2D eigenvalue weighted by atomic mass is 35.5. The third-order valence-corrected chi connectivity index (χ3v) is 8.51. The van der Waals surface area contributed by atoms with Gasteiger partial charge in [0.1, 0.15) is 4.90 Å². The summed E-state index contributed by atoms with van der Waals surface area (Å²) < 4.78 is 27.3. The Hall–Kier alpha value is -1.89. The van der Waals surface area contributed by atoms with Crippen molar-refractivity contribution in [2.45, 2.75) is 37.0 Å². The molecule has 2 fully saturated rings. The molecule has 1 amide bonds. The smallest absolute Gasteiger partial charge is 0.253 e. The van der Waals surface area contributed by atoms with Crippen LogP contribution in [0.3, 0.4) is 0 Å². The fourth-order valence-corrected chi connectivity index (χ4v) is 6.39. The summed E-state index contributed by atoms with van der Waals surface area (Å²) in [6, 6.07) is 15.0. The van der Waals surface area contributed by atoms with Gasteiger partial charge >= 0.3 is 0 Å². The van der Waals surface area contributed by atoms with Crippen LogP contribution in [0.15, 0.2) is 53.4 Å². The van der Waals surface area contributed by atoms with Crippen molar-refractivity contribution < 1.29 is 13.2 Å². The van der Waals surface area contributed by atoms with Crippen LogP contribution in [0.1, 0.15) is 41.6 Å². The molecule has 0 aliphatic carbocycles. The summed E-state index contributed by atoms with van der Waals surface area (Å²) in [6.07, 6.45) is 4.64. The molecule has 2 aliphatic rings. The van der Waals surface area contributed by atoms with Gasteiger partial charge in [0.15, 0.2) is 0 Å². The van der Waals surface area contributed by atoms with Gasteiger partial charge in [-0.15, -0.1) is 0 Å². The van der Waals surface area contributed by atoms with Gasteiger partial charge in [-0.2, -0.15) is 4.31 Å². The average Bonchev–Trinajstić information content (AvgIpc) is 3.31. The quantitative estimate of drug-likeness (QED) is 0.690. The van der Waals surface area contributed by atoms with E-state index in [9.17, 15) is 13.2 Å². The van der Waals surface area contributed by atoms with Crippen LogP contribution in [0, 0.1) is 5.92 Å². The molecule has 0 saturated carbocycles. The molecule has 0 N–H and O–H groups in total. The Labute approximate surface area is 183 Å². The molecule has 2 aromatic carbocycles. The second-order valence-corrected chi connectivity index (χ2v) is 10.5. The molecule has 0 aromatic heterocycles. The molecule has 0 unspecified atom stereocenters. The number of carbonyl (C=O) groups excluding carboxylic acids is 1. The molecule has 2 aromatic rings. The van der Waals surface area contributed by atoms with Gasteiger partial charge in [-0.1, -0.05) is 41.9 Å². The summed E-state index contributed by atoms with van der Waals surface area (Å²) >= 11 is 6.22. The summed E-state index contributed by atoms with van der Waals surface area (Å²) in [5.41, 5.74) is 1.72. The van der Waals surface area contributed by atoms with Crippen LogP contribution in [-0.4, -0.2) is 49.7 Å². The third kappa shape index (κ3) is 4.56. The predicted octanol–water partition coefficient (Wildman–Crippen LogP) is 4.22. The molecule has 7 heteroatoms. The number of amides is 1. The number of nitrogens with zero attached hydrogens (tertiary/aromatic N) is 2. The maximum atomic E-state index is 13.1. The zero-order valence-electron chi connectivity index (χ0n) is 17.0. The second kappa shape index (κ2) is 9.08. The monoisotopic (exact) mass is 446 g/mol.